The Balaban J connectivity index is 5.53. The molecule has 0 bridgehead atoms. The highest BCUT2D eigenvalue weighted by molar-refractivity contribution is 4.91. The summed E-state index contributed by atoms with van der Waals surface area (Å²) < 4.78 is 150. The Morgan fingerprint density at radius 3 is 1.45 bits per heavy atom. The molecule has 0 aromatic rings. The van der Waals surface area contributed by atoms with E-state index in [4.69, 9.17) is 5.11 Å². The maximum Gasteiger partial charge on any atom is 0.462 e. The number of hydrogen-bond donors (Lipinski definition) is 1. The first-order valence-electron chi connectivity index (χ1n) is 4.91. The molecule has 22 heavy (non-hydrogen) atoms. The molecule has 0 radical (unpaired) electrons. The first-order valence-corrected chi connectivity index (χ1v) is 4.91. The number of halogens is 12. The monoisotopic (exact) mass is 362 g/mol. The van der Waals surface area contributed by atoms with E-state index in [1.807, 2.05) is 0 Å². The van der Waals surface area contributed by atoms with Gasteiger partial charge >= 0.3 is 30.2 Å². The minimum atomic E-state index is -7.22. The Kier molecular flexibility index (Phi) is 5.38. The van der Waals surface area contributed by atoms with Gasteiger partial charge in [-0.1, -0.05) is 0 Å². The molecule has 1 N–H and O–H groups in total. The van der Waals surface area contributed by atoms with Crippen molar-refractivity contribution in [2.75, 3.05) is 0 Å². The lowest BCUT2D eigenvalue weighted by Crippen LogP contribution is -2.59. The van der Waals surface area contributed by atoms with Gasteiger partial charge in [0.2, 0.25) is 0 Å². The third kappa shape index (κ3) is 3.70. The van der Waals surface area contributed by atoms with Crippen molar-refractivity contribution in [2.45, 2.75) is 49.4 Å². The van der Waals surface area contributed by atoms with Gasteiger partial charge in [0.05, 0.1) is 0 Å². The van der Waals surface area contributed by atoms with Gasteiger partial charge in [-0.05, 0) is 6.92 Å². The lowest BCUT2D eigenvalue weighted by atomic mass is 10.1. The molecule has 2 unspecified atom stereocenters. The number of aliphatic hydroxyl groups is 1. The van der Waals surface area contributed by atoms with E-state index in [1.165, 1.54) is 0 Å². The van der Waals surface area contributed by atoms with E-state index in [0.29, 0.717) is 0 Å². The molecule has 2 atom stereocenters. The molecule has 0 aliphatic heterocycles. The second kappa shape index (κ2) is 5.62. The van der Waals surface area contributed by atoms with E-state index in [0.717, 1.165) is 0 Å². The number of aliphatic hydroxyl groups excluding tert-OH is 1. The fourth-order valence-electron chi connectivity index (χ4n) is 0.888. The lowest BCUT2D eigenvalue weighted by molar-refractivity contribution is -0.484. The summed E-state index contributed by atoms with van der Waals surface area (Å²) in [6, 6.07) is 0. The Hall–Kier alpha value is -0.920. The highest BCUT2D eigenvalue weighted by Gasteiger charge is 2.77. The predicted octanol–water partition coefficient (Wildman–Crippen LogP) is 3.74. The molecule has 0 aromatic heterocycles. The van der Waals surface area contributed by atoms with E-state index in [-0.39, 0.29) is 6.92 Å². The fourth-order valence-corrected chi connectivity index (χ4v) is 0.888. The van der Waals surface area contributed by atoms with E-state index < -0.39 is 42.5 Å². The topological polar surface area (TPSA) is 29.5 Å². The number of rotatable bonds is 6. The van der Waals surface area contributed by atoms with Crippen LogP contribution in [0.2, 0.25) is 0 Å². The zero-order valence-electron chi connectivity index (χ0n) is 10.0. The van der Waals surface area contributed by atoms with Crippen molar-refractivity contribution in [2.24, 2.45) is 0 Å². The summed E-state index contributed by atoms with van der Waals surface area (Å²) in [5, 5.41) is 8.31. The van der Waals surface area contributed by atoms with Gasteiger partial charge in [0.1, 0.15) is 6.10 Å². The minimum Gasteiger partial charge on any atom is -0.387 e. The SMILES string of the molecule is CC(O)C(F)(F)C(F)C(F)(F)OC(F)(F)C(F)(F)C(F)(F)F. The lowest BCUT2D eigenvalue weighted by Gasteiger charge is -2.33. The highest BCUT2D eigenvalue weighted by Crippen LogP contribution is 2.50. The first-order chi connectivity index (χ1) is 9.31. The Labute approximate surface area is 113 Å². The molecule has 0 amide bonds. The zero-order valence-corrected chi connectivity index (χ0v) is 10.0. The summed E-state index contributed by atoms with van der Waals surface area (Å²) >= 11 is 0. The van der Waals surface area contributed by atoms with Gasteiger partial charge in [0, 0.05) is 0 Å². The molecule has 0 saturated carbocycles. The second-order valence-electron chi connectivity index (χ2n) is 3.97. The van der Waals surface area contributed by atoms with Crippen LogP contribution in [0, 0.1) is 0 Å². The summed E-state index contributed by atoms with van der Waals surface area (Å²) in [4.78, 5) is 0. The minimum absolute atomic E-state index is 0.0329. The molecule has 0 rings (SSSR count). The van der Waals surface area contributed by atoms with Crippen LogP contribution in [0.15, 0.2) is 0 Å². The Morgan fingerprint density at radius 1 is 0.818 bits per heavy atom. The third-order valence-corrected chi connectivity index (χ3v) is 2.18. The largest absolute Gasteiger partial charge is 0.462 e. The van der Waals surface area contributed by atoms with Crippen LogP contribution in [0.25, 0.3) is 0 Å². The van der Waals surface area contributed by atoms with Gasteiger partial charge in [-0.3, -0.25) is 0 Å². The van der Waals surface area contributed by atoms with Crippen molar-refractivity contribution in [1.82, 2.24) is 0 Å². The maximum atomic E-state index is 12.8. The summed E-state index contributed by atoms with van der Waals surface area (Å²) in [6.07, 6.45) is -29.0. The van der Waals surface area contributed by atoms with Crippen LogP contribution in [-0.2, 0) is 4.74 Å². The first kappa shape index (κ1) is 21.1. The van der Waals surface area contributed by atoms with Gasteiger partial charge in [0.25, 0.3) is 6.17 Å². The quantitative estimate of drug-likeness (QED) is 0.730. The normalized spacial score (nSPS) is 18.3. The van der Waals surface area contributed by atoms with Gasteiger partial charge < -0.3 is 5.11 Å². The van der Waals surface area contributed by atoms with E-state index in [2.05, 4.69) is 0 Å². The van der Waals surface area contributed by atoms with Gasteiger partial charge in [-0.25, -0.2) is 17.9 Å². The Bertz CT molecular complexity index is 387. The molecular weight excluding hydrogens is 356 g/mol. The summed E-state index contributed by atoms with van der Waals surface area (Å²) in [5.74, 6) is -12.7. The molecule has 0 aliphatic carbocycles. The Morgan fingerprint density at radius 2 is 1.18 bits per heavy atom. The van der Waals surface area contributed by atoms with E-state index in [9.17, 15) is 52.7 Å². The van der Waals surface area contributed by atoms with E-state index >= 15 is 0 Å². The molecule has 0 aliphatic rings. The van der Waals surface area contributed by atoms with Crippen molar-refractivity contribution in [3.05, 3.63) is 0 Å². The molecule has 0 spiro atoms. The van der Waals surface area contributed by atoms with Crippen molar-refractivity contribution in [3.63, 3.8) is 0 Å². The molecule has 2 nitrogen and oxygen atoms in total. The van der Waals surface area contributed by atoms with Crippen LogP contribution < -0.4 is 0 Å². The maximum absolute atomic E-state index is 12.8. The average molecular weight is 362 g/mol. The second-order valence-corrected chi connectivity index (χ2v) is 3.97. The highest BCUT2D eigenvalue weighted by atomic mass is 19.4. The van der Waals surface area contributed by atoms with Gasteiger partial charge in [-0.2, -0.15) is 39.5 Å². The number of ether oxygens (including phenoxy) is 1. The molecule has 134 valence electrons. The molecular formula is C8H6F12O2. The van der Waals surface area contributed by atoms with Gasteiger partial charge in [-0.15, -0.1) is 0 Å². The molecule has 14 heteroatoms. The van der Waals surface area contributed by atoms with Crippen molar-refractivity contribution in [3.8, 4) is 0 Å². The van der Waals surface area contributed by atoms with Gasteiger partial charge in [0.15, 0.2) is 0 Å². The van der Waals surface area contributed by atoms with Crippen LogP contribution >= 0.6 is 0 Å². The smallest absolute Gasteiger partial charge is 0.387 e. The summed E-state index contributed by atoms with van der Waals surface area (Å²) in [5.41, 5.74) is 0. The number of hydrogen-bond acceptors (Lipinski definition) is 2. The average Bonchev–Trinajstić information content (AvgIpc) is 2.24. The predicted molar refractivity (Wildman–Crippen MR) is 43.5 cm³/mol. The molecule has 0 fully saturated rings. The van der Waals surface area contributed by atoms with Crippen LogP contribution in [0.3, 0.4) is 0 Å². The standard InChI is InChI=1S/C8H6F12O2/c1-2(21)4(10,11)3(9)5(12,13)22-8(19,20)6(14,15)7(16,17)18/h2-3,21H,1H3. The van der Waals surface area contributed by atoms with Crippen LogP contribution in [-0.4, -0.2) is 47.6 Å². The number of alkyl halides is 12. The molecule has 0 heterocycles. The van der Waals surface area contributed by atoms with Crippen LogP contribution in [0.5, 0.6) is 0 Å². The summed E-state index contributed by atoms with van der Waals surface area (Å²) in [6.45, 7) is 0.0329. The van der Waals surface area contributed by atoms with Crippen molar-refractivity contribution >= 4 is 0 Å². The van der Waals surface area contributed by atoms with Crippen molar-refractivity contribution < 1.29 is 62.5 Å². The van der Waals surface area contributed by atoms with E-state index in [1.54, 1.807) is 4.74 Å². The zero-order chi connectivity index (χ0) is 18.4. The van der Waals surface area contributed by atoms with Crippen LogP contribution in [0.4, 0.5) is 52.7 Å². The third-order valence-electron chi connectivity index (χ3n) is 2.18. The summed E-state index contributed by atoms with van der Waals surface area (Å²) in [7, 11) is 0. The van der Waals surface area contributed by atoms with Crippen molar-refractivity contribution in [1.29, 1.82) is 0 Å². The fraction of sp³-hybridized carbons (Fsp3) is 1.00. The molecule has 0 aromatic carbocycles. The molecule has 0 saturated heterocycles. The van der Waals surface area contributed by atoms with Crippen LogP contribution in [0.1, 0.15) is 6.92 Å².